The van der Waals surface area contributed by atoms with Gasteiger partial charge in [0.2, 0.25) is 5.91 Å². The van der Waals surface area contributed by atoms with Crippen molar-refractivity contribution < 1.29 is 24.0 Å². The number of benzene rings is 2. The number of amides is 3. The van der Waals surface area contributed by atoms with Crippen LogP contribution in [0, 0.1) is 10.1 Å². The summed E-state index contributed by atoms with van der Waals surface area (Å²) in [5.74, 6) is -2.02. The van der Waals surface area contributed by atoms with Crippen LogP contribution >= 0.6 is 11.6 Å². The van der Waals surface area contributed by atoms with Crippen molar-refractivity contribution in [2.75, 3.05) is 12.4 Å². The zero-order valence-corrected chi connectivity index (χ0v) is 15.5. The van der Waals surface area contributed by atoms with E-state index in [0.29, 0.717) is 15.7 Å². The van der Waals surface area contributed by atoms with Crippen molar-refractivity contribution in [2.45, 2.75) is 13.0 Å². The summed E-state index contributed by atoms with van der Waals surface area (Å²) in [6.07, 6.45) is 0. The van der Waals surface area contributed by atoms with Gasteiger partial charge in [-0.15, -0.1) is 0 Å². The van der Waals surface area contributed by atoms with E-state index in [-0.39, 0.29) is 16.8 Å². The van der Waals surface area contributed by atoms with Gasteiger partial charge in [-0.25, -0.2) is 0 Å². The first-order valence-corrected chi connectivity index (χ1v) is 8.43. The predicted molar refractivity (Wildman–Crippen MR) is 99.7 cm³/mol. The van der Waals surface area contributed by atoms with E-state index in [0.717, 1.165) is 6.07 Å². The average molecular weight is 404 g/mol. The molecule has 3 amide bonds. The standard InChI is InChI=1S/C18H14ClN3O6/c1-9(16(23)20-12-8-10(19)6-7-14(12)28-2)21-17(24)11-4-3-5-13(22(26)27)15(11)18(21)25/h3-9H,1-2H3,(H,20,23)/t9-/m0/s1. The average Bonchev–Trinajstić information content (AvgIpc) is 2.92. The van der Waals surface area contributed by atoms with E-state index in [1.807, 2.05) is 0 Å². The van der Waals surface area contributed by atoms with Gasteiger partial charge in [0.1, 0.15) is 17.4 Å². The number of anilines is 1. The smallest absolute Gasteiger partial charge is 0.282 e. The molecular weight excluding hydrogens is 390 g/mol. The number of carbonyl (C=O) groups is 3. The normalized spacial score (nSPS) is 13.9. The molecule has 1 heterocycles. The molecule has 2 aromatic rings. The molecule has 1 atom stereocenters. The number of halogens is 1. The highest BCUT2D eigenvalue weighted by atomic mass is 35.5. The molecule has 10 heteroatoms. The third-order valence-corrected chi connectivity index (χ3v) is 4.54. The maximum atomic E-state index is 12.7. The molecule has 0 aliphatic carbocycles. The van der Waals surface area contributed by atoms with Crippen molar-refractivity contribution >= 4 is 40.7 Å². The fraction of sp³-hybridized carbons (Fsp3) is 0.167. The van der Waals surface area contributed by atoms with Gasteiger partial charge in [0.25, 0.3) is 17.5 Å². The number of hydrogen-bond donors (Lipinski definition) is 1. The van der Waals surface area contributed by atoms with Crippen molar-refractivity contribution in [3.05, 3.63) is 62.7 Å². The first-order valence-electron chi connectivity index (χ1n) is 8.06. The van der Waals surface area contributed by atoms with Gasteiger partial charge in [-0.05, 0) is 31.2 Å². The number of nitro benzene ring substituents is 1. The third-order valence-electron chi connectivity index (χ3n) is 4.31. The molecule has 144 valence electrons. The minimum absolute atomic E-state index is 0.112. The number of hydrogen-bond acceptors (Lipinski definition) is 6. The first-order chi connectivity index (χ1) is 13.3. The molecule has 1 aliphatic heterocycles. The lowest BCUT2D eigenvalue weighted by Crippen LogP contribution is -2.45. The van der Waals surface area contributed by atoms with Crippen LogP contribution in [-0.2, 0) is 4.79 Å². The second kappa shape index (κ2) is 7.28. The number of rotatable bonds is 5. The van der Waals surface area contributed by atoms with Gasteiger partial charge in [-0.2, -0.15) is 0 Å². The largest absolute Gasteiger partial charge is 0.495 e. The predicted octanol–water partition coefficient (Wildman–Crippen LogP) is 2.88. The maximum Gasteiger partial charge on any atom is 0.282 e. The summed E-state index contributed by atoms with van der Waals surface area (Å²) in [5, 5.41) is 14.1. The van der Waals surface area contributed by atoms with Gasteiger partial charge in [-0.1, -0.05) is 17.7 Å². The van der Waals surface area contributed by atoms with Gasteiger partial charge in [0.15, 0.2) is 0 Å². The maximum absolute atomic E-state index is 12.7. The van der Waals surface area contributed by atoms with E-state index < -0.39 is 34.4 Å². The fourth-order valence-electron chi connectivity index (χ4n) is 2.92. The molecule has 1 aliphatic rings. The third kappa shape index (κ3) is 3.16. The van der Waals surface area contributed by atoms with Crippen molar-refractivity contribution in [3.63, 3.8) is 0 Å². The number of nitrogens with zero attached hydrogens (tertiary/aromatic N) is 2. The zero-order valence-electron chi connectivity index (χ0n) is 14.8. The van der Waals surface area contributed by atoms with Crippen LogP contribution in [-0.4, -0.2) is 40.7 Å². The molecule has 3 rings (SSSR count). The number of carbonyl (C=O) groups excluding carboxylic acids is 3. The van der Waals surface area contributed by atoms with Crippen molar-refractivity contribution in [1.82, 2.24) is 4.90 Å². The molecule has 0 saturated carbocycles. The van der Waals surface area contributed by atoms with Crippen LogP contribution in [0.15, 0.2) is 36.4 Å². The Morgan fingerprint density at radius 2 is 1.96 bits per heavy atom. The minimum atomic E-state index is -1.23. The Balaban J connectivity index is 1.90. The monoisotopic (exact) mass is 403 g/mol. The molecular formula is C18H14ClN3O6. The highest BCUT2D eigenvalue weighted by Crippen LogP contribution is 2.33. The first kappa shape index (κ1) is 19.3. The van der Waals surface area contributed by atoms with Gasteiger partial charge in [-0.3, -0.25) is 29.4 Å². The highest BCUT2D eigenvalue weighted by molar-refractivity contribution is 6.31. The summed E-state index contributed by atoms with van der Waals surface area (Å²) in [7, 11) is 1.41. The number of nitro groups is 1. The quantitative estimate of drug-likeness (QED) is 0.465. The van der Waals surface area contributed by atoms with Crippen LogP contribution in [0.5, 0.6) is 5.75 Å². The molecule has 0 bridgehead atoms. The molecule has 28 heavy (non-hydrogen) atoms. The number of fused-ring (bicyclic) bond motifs is 1. The van der Waals surface area contributed by atoms with E-state index in [4.69, 9.17) is 16.3 Å². The Bertz CT molecular complexity index is 1020. The second-order valence-electron chi connectivity index (χ2n) is 5.95. The highest BCUT2D eigenvalue weighted by Gasteiger charge is 2.44. The SMILES string of the molecule is COc1ccc(Cl)cc1NC(=O)[C@H](C)N1C(=O)c2cccc([N+](=O)[O-])c2C1=O. The fourth-order valence-corrected chi connectivity index (χ4v) is 3.09. The molecule has 2 aromatic carbocycles. The van der Waals surface area contributed by atoms with Crippen molar-refractivity contribution in [1.29, 1.82) is 0 Å². The molecule has 0 unspecified atom stereocenters. The Hall–Kier alpha value is -3.46. The van der Waals surface area contributed by atoms with Gasteiger partial charge >= 0.3 is 0 Å². The molecule has 9 nitrogen and oxygen atoms in total. The summed E-state index contributed by atoms with van der Waals surface area (Å²) >= 11 is 5.93. The Kier molecular flexibility index (Phi) is 5.02. The van der Waals surface area contributed by atoms with Crippen LogP contribution in [0.2, 0.25) is 5.02 Å². The molecule has 0 fully saturated rings. The van der Waals surface area contributed by atoms with Crippen LogP contribution in [0.1, 0.15) is 27.6 Å². The molecule has 0 radical (unpaired) electrons. The zero-order chi connectivity index (χ0) is 20.6. The summed E-state index contributed by atoms with van der Waals surface area (Å²) in [4.78, 5) is 49.1. The summed E-state index contributed by atoms with van der Waals surface area (Å²) in [6.45, 7) is 1.35. The van der Waals surface area contributed by atoms with Crippen LogP contribution in [0.4, 0.5) is 11.4 Å². The van der Waals surface area contributed by atoms with Crippen molar-refractivity contribution in [2.24, 2.45) is 0 Å². The van der Waals surface area contributed by atoms with Gasteiger partial charge in [0, 0.05) is 11.1 Å². The molecule has 1 N–H and O–H groups in total. The minimum Gasteiger partial charge on any atom is -0.495 e. The molecule has 0 saturated heterocycles. The Morgan fingerprint density at radius 1 is 1.25 bits per heavy atom. The molecule has 0 aromatic heterocycles. The molecule has 0 spiro atoms. The van der Waals surface area contributed by atoms with E-state index in [1.165, 1.54) is 32.2 Å². The number of imide groups is 1. The van der Waals surface area contributed by atoms with Crippen molar-refractivity contribution in [3.8, 4) is 5.75 Å². The summed E-state index contributed by atoms with van der Waals surface area (Å²) in [5.41, 5.74) is -0.659. The van der Waals surface area contributed by atoms with Crippen LogP contribution in [0.3, 0.4) is 0 Å². The number of nitrogens with one attached hydrogen (secondary N) is 1. The summed E-state index contributed by atoms with van der Waals surface area (Å²) < 4.78 is 5.15. The van der Waals surface area contributed by atoms with E-state index in [2.05, 4.69) is 5.32 Å². The lowest BCUT2D eigenvalue weighted by atomic mass is 10.1. The lowest BCUT2D eigenvalue weighted by molar-refractivity contribution is -0.385. The van der Waals surface area contributed by atoms with Crippen LogP contribution in [0.25, 0.3) is 0 Å². The Morgan fingerprint density at radius 3 is 2.61 bits per heavy atom. The van der Waals surface area contributed by atoms with E-state index >= 15 is 0 Å². The van der Waals surface area contributed by atoms with E-state index in [1.54, 1.807) is 12.1 Å². The van der Waals surface area contributed by atoms with Crippen LogP contribution < -0.4 is 10.1 Å². The van der Waals surface area contributed by atoms with E-state index in [9.17, 15) is 24.5 Å². The number of ether oxygens (including phenoxy) is 1. The topological polar surface area (TPSA) is 119 Å². The Labute approximate surface area is 164 Å². The van der Waals surface area contributed by atoms with Gasteiger partial charge < -0.3 is 10.1 Å². The second-order valence-corrected chi connectivity index (χ2v) is 6.38. The number of methoxy groups -OCH3 is 1. The van der Waals surface area contributed by atoms with Gasteiger partial charge in [0.05, 0.1) is 23.3 Å². The lowest BCUT2D eigenvalue weighted by Gasteiger charge is -2.22. The summed E-state index contributed by atoms with van der Waals surface area (Å²) in [6, 6.07) is 7.11.